The highest BCUT2D eigenvalue weighted by molar-refractivity contribution is 7.13. The lowest BCUT2D eigenvalue weighted by Crippen LogP contribution is -2.07. The summed E-state index contributed by atoms with van der Waals surface area (Å²) in [6, 6.07) is 4.19. The number of thiazole rings is 1. The Morgan fingerprint density at radius 1 is 1.47 bits per heavy atom. The molecule has 0 aromatic carbocycles. The fraction of sp³-hybridized carbons (Fsp3) is 0.308. The number of aryl methyl sites for hydroxylation is 1. The summed E-state index contributed by atoms with van der Waals surface area (Å²) >= 11 is 1.57. The van der Waals surface area contributed by atoms with Gasteiger partial charge in [0.25, 0.3) is 0 Å². The van der Waals surface area contributed by atoms with Crippen molar-refractivity contribution in [1.82, 2.24) is 20.0 Å². The van der Waals surface area contributed by atoms with Crippen LogP contribution >= 0.6 is 11.3 Å². The molecule has 0 N–H and O–H groups in total. The molecular formula is C13H14N4OS. The molecule has 3 heterocycles. The first-order valence-corrected chi connectivity index (χ1v) is 7.05. The molecule has 0 aliphatic carbocycles. The minimum Gasteiger partial charge on any atom is -0.469 e. The predicted molar refractivity (Wildman–Crippen MR) is 72.9 cm³/mol. The Hall–Kier alpha value is -1.95. The summed E-state index contributed by atoms with van der Waals surface area (Å²) in [7, 11) is 0. The highest BCUT2D eigenvalue weighted by Crippen LogP contribution is 2.21. The molecule has 0 aliphatic heterocycles. The van der Waals surface area contributed by atoms with Gasteiger partial charge in [0.05, 0.1) is 18.5 Å². The van der Waals surface area contributed by atoms with Gasteiger partial charge in [-0.2, -0.15) is 0 Å². The van der Waals surface area contributed by atoms with Gasteiger partial charge in [-0.25, -0.2) is 9.67 Å². The molecule has 0 fully saturated rings. The van der Waals surface area contributed by atoms with Crippen LogP contribution in [-0.2, 0) is 6.42 Å². The standard InChI is InChI=1S/C13H14N4OS/c1-10(4-5-11-3-2-7-18-11)17-9-12(15-16-17)13-14-6-8-19-13/h2-3,6-10H,4-5H2,1H3/t10-/m0/s1. The molecule has 3 aromatic heterocycles. The van der Waals surface area contributed by atoms with E-state index in [2.05, 4.69) is 22.2 Å². The maximum absolute atomic E-state index is 5.33. The Balaban J connectivity index is 1.65. The zero-order valence-corrected chi connectivity index (χ0v) is 11.4. The predicted octanol–water partition coefficient (Wildman–Crippen LogP) is 3.19. The third kappa shape index (κ3) is 2.73. The van der Waals surface area contributed by atoms with Gasteiger partial charge in [0.2, 0.25) is 0 Å². The van der Waals surface area contributed by atoms with Gasteiger partial charge in [-0.15, -0.1) is 16.4 Å². The van der Waals surface area contributed by atoms with E-state index in [0.29, 0.717) is 0 Å². The highest BCUT2D eigenvalue weighted by Gasteiger charge is 2.11. The van der Waals surface area contributed by atoms with Gasteiger partial charge in [-0.1, -0.05) is 5.21 Å². The van der Waals surface area contributed by atoms with E-state index in [0.717, 1.165) is 29.3 Å². The lowest BCUT2D eigenvalue weighted by atomic mass is 10.1. The van der Waals surface area contributed by atoms with E-state index in [1.54, 1.807) is 23.8 Å². The van der Waals surface area contributed by atoms with Crippen LogP contribution in [0, 0.1) is 0 Å². The smallest absolute Gasteiger partial charge is 0.145 e. The Morgan fingerprint density at radius 3 is 3.16 bits per heavy atom. The fourth-order valence-electron chi connectivity index (χ4n) is 1.88. The Bertz CT molecular complexity index is 615. The third-order valence-electron chi connectivity index (χ3n) is 3.00. The summed E-state index contributed by atoms with van der Waals surface area (Å²) < 4.78 is 7.22. The van der Waals surface area contributed by atoms with E-state index in [-0.39, 0.29) is 6.04 Å². The molecular weight excluding hydrogens is 260 g/mol. The van der Waals surface area contributed by atoms with Gasteiger partial charge in [0, 0.05) is 18.0 Å². The van der Waals surface area contributed by atoms with Gasteiger partial charge >= 0.3 is 0 Å². The summed E-state index contributed by atoms with van der Waals surface area (Å²) in [5, 5.41) is 11.2. The van der Waals surface area contributed by atoms with Crippen LogP contribution in [0.2, 0.25) is 0 Å². The number of aromatic nitrogens is 4. The molecule has 5 nitrogen and oxygen atoms in total. The van der Waals surface area contributed by atoms with Crippen molar-refractivity contribution in [1.29, 1.82) is 0 Å². The van der Waals surface area contributed by atoms with Crippen LogP contribution in [0.3, 0.4) is 0 Å². The summed E-state index contributed by atoms with van der Waals surface area (Å²) in [5.74, 6) is 1.01. The molecule has 0 saturated heterocycles. The Labute approximate surface area is 114 Å². The average Bonchev–Trinajstić information content (AvgIpc) is 3.14. The first-order chi connectivity index (χ1) is 9.33. The van der Waals surface area contributed by atoms with E-state index < -0.39 is 0 Å². The molecule has 0 aliphatic rings. The molecule has 0 amide bonds. The summed E-state index contributed by atoms with van der Waals surface area (Å²) in [6.07, 6.45) is 7.30. The van der Waals surface area contributed by atoms with Crippen molar-refractivity contribution in [3.8, 4) is 10.7 Å². The number of furan rings is 1. The van der Waals surface area contributed by atoms with Gasteiger partial charge < -0.3 is 4.42 Å². The number of hydrogen-bond donors (Lipinski definition) is 0. The molecule has 19 heavy (non-hydrogen) atoms. The normalized spacial score (nSPS) is 12.7. The number of rotatable bonds is 5. The van der Waals surface area contributed by atoms with E-state index in [1.807, 2.05) is 28.4 Å². The monoisotopic (exact) mass is 274 g/mol. The van der Waals surface area contributed by atoms with Crippen LogP contribution in [0.1, 0.15) is 25.1 Å². The molecule has 0 radical (unpaired) electrons. The van der Waals surface area contributed by atoms with Crippen LogP contribution in [0.4, 0.5) is 0 Å². The minimum absolute atomic E-state index is 0.284. The van der Waals surface area contributed by atoms with E-state index in [1.165, 1.54) is 0 Å². The van der Waals surface area contributed by atoms with Crippen molar-refractivity contribution in [2.24, 2.45) is 0 Å². The molecule has 3 aromatic rings. The van der Waals surface area contributed by atoms with Gasteiger partial charge in [0.15, 0.2) is 0 Å². The quantitative estimate of drug-likeness (QED) is 0.717. The van der Waals surface area contributed by atoms with E-state index in [4.69, 9.17) is 4.42 Å². The maximum atomic E-state index is 5.33. The zero-order valence-electron chi connectivity index (χ0n) is 10.6. The summed E-state index contributed by atoms with van der Waals surface area (Å²) in [6.45, 7) is 2.13. The largest absolute Gasteiger partial charge is 0.469 e. The van der Waals surface area contributed by atoms with Crippen LogP contribution in [0.15, 0.2) is 40.6 Å². The molecule has 3 rings (SSSR count). The lowest BCUT2D eigenvalue weighted by molar-refractivity contribution is 0.420. The molecule has 6 heteroatoms. The SMILES string of the molecule is C[C@@H](CCc1ccco1)n1cc(-c2nccs2)nn1. The van der Waals surface area contributed by atoms with Crippen LogP contribution < -0.4 is 0 Å². The molecule has 0 bridgehead atoms. The molecule has 0 unspecified atom stereocenters. The fourth-order valence-corrected chi connectivity index (χ4v) is 2.46. The van der Waals surface area contributed by atoms with Gasteiger partial charge in [-0.05, 0) is 25.5 Å². The number of hydrogen-bond acceptors (Lipinski definition) is 5. The van der Waals surface area contributed by atoms with Gasteiger partial charge in [0.1, 0.15) is 16.5 Å². The Kier molecular flexibility index (Phi) is 3.41. The Morgan fingerprint density at radius 2 is 2.42 bits per heavy atom. The molecule has 98 valence electrons. The zero-order chi connectivity index (χ0) is 13.1. The van der Waals surface area contributed by atoms with Crippen LogP contribution in [-0.4, -0.2) is 20.0 Å². The highest BCUT2D eigenvalue weighted by atomic mass is 32.1. The second-order valence-electron chi connectivity index (χ2n) is 4.39. The van der Waals surface area contributed by atoms with Gasteiger partial charge in [-0.3, -0.25) is 0 Å². The van der Waals surface area contributed by atoms with E-state index >= 15 is 0 Å². The first kappa shape index (κ1) is 12.1. The maximum Gasteiger partial charge on any atom is 0.145 e. The average molecular weight is 274 g/mol. The molecule has 1 atom stereocenters. The third-order valence-corrected chi connectivity index (χ3v) is 3.80. The lowest BCUT2D eigenvalue weighted by Gasteiger charge is -2.09. The minimum atomic E-state index is 0.284. The van der Waals surface area contributed by atoms with Crippen LogP contribution in [0.25, 0.3) is 10.7 Å². The topological polar surface area (TPSA) is 56.7 Å². The summed E-state index contributed by atoms with van der Waals surface area (Å²) in [5.41, 5.74) is 0.833. The molecule has 0 spiro atoms. The van der Waals surface area contributed by atoms with Crippen molar-refractivity contribution >= 4 is 11.3 Å². The number of nitrogens with zero attached hydrogens (tertiary/aromatic N) is 4. The van der Waals surface area contributed by atoms with Crippen molar-refractivity contribution in [3.63, 3.8) is 0 Å². The van der Waals surface area contributed by atoms with Crippen molar-refractivity contribution in [2.45, 2.75) is 25.8 Å². The van der Waals surface area contributed by atoms with Crippen molar-refractivity contribution in [3.05, 3.63) is 41.9 Å². The molecule has 0 saturated carbocycles. The van der Waals surface area contributed by atoms with Crippen LogP contribution in [0.5, 0.6) is 0 Å². The second kappa shape index (κ2) is 5.36. The van der Waals surface area contributed by atoms with Crippen molar-refractivity contribution < 1.29 is 4.42 Å². The van der Waals surface area contributed by atoms with E-state index in [9.17, 15) is 0 Å². The van der Waals surface area contributed by atoms with Crippen molar-refractivity contribution in [2.75, 3.05) is 0 Å². The first-order valence-electron chi connectivity index (χ1n) is 6.17. The second-order valence-corrected chi connectivity index (χ2v) is 5.28. The summed E-state index contributed by atoms with van der Waals surface area (Å²) in [4.78, 5) is 4.23.